The Hall–Kier alpha value is -1.02. The molecule has 1 aromatic carbocycles. The van der Waals surface area contributed by atoms with Gasteiger partial charge in [0.1, 0.15) is 5.75 Å². The summed E-state index contributed by atoms with van der Waals surface area (Å²) >= 11 is 0. The van der Waals surface area contributed by atoms with Gasteiger partial charge in [-0.25, -0.2) is 0 Å². The third-order valence-electron chi connectivity index (χ3n) is 4.05. The molecule has 0 saturated heterocycles. The van der Waals surface area contributed by atoms with Crippen molar-refractivity contribution in [3.8, 4) is 5.75 Å². The lowest BCUT2D eigenvalue weighted by atomic mass is 9.59. The van der Waals surface area contributed by atoms with Crippen LogP contribution in [-0.4, -0.2) is 20.2 Å². The van der Waals surface area contributed by atoms with Gasteiger partial charge in [0, 0.05) is 17.5 Å². The second-order valence-corrected chi connectivity index (χ2v) is 5.67. The highest BCUT2D eigenvalue weighted by Crippen LogP contribution is 2.49. The lowest BCUT2D eigenvalue weighted by Crippen LogP contribution is -2.48. The van der Waals surface area contributed by atoms with Crippen molar-refractivity contribution in [2.24, 2.45) is 5.92 Å². The summed E-state index contributed by atoms with van der Waals surface area (Å²) in [6.07, 6.45) is 3.73. The molecule has 0 amide bonds. The Kier molecular flexibility index (Phi) is 4.28. The van der Waals surface area contributed by atoms with Gasteiger partial charge in [0.2, 0.25) is 0 Å². The van der Waals surface area contributed by atoms with E-state index in [9.17, 15) is 0 Å². The number of hydrogen-bond acceptors (Lipinski definition) is 2. The van der Waals surface area contributed by atoms with Crippen LogP contribution in [0.4, 0.5) is 0 Å². The van der Waals surface area contributed by atoms with Crippen LogP contribution >= 0.6 is 0 Å². The molecule has 0 aliphatic heterocycles. The Labute approximate surface area is 111 Å². The quantitative estimate of drug-likeness (QED) is 0.778. The fourth-order valence-electron chi connectivity index (χ4n) is 3.32. The Morgan fingerprint density at radius 3 is 2.67 bits per heavy atom. The standard InChI is InChI=1S/C16H25NO/c1-4-9-17-12-16(10-13(2)11-16)14-7-5-6-8-15(14)18-3/h5-8,13,17H,4,9-12H2,1-3H3. The van der Waals surface area contributed by atoms with Gasteiger partial charge < -0.3 is 10.1 Å². The number of methoxy groups -OCH3 is 1. The number of para-hydroxylation sites is 1. The molecule has 100 valence electrons. The van der Waals surface area contributed by atoms with Crippen molar-refractivity contribution in [3.05, 3.63) is 29.8 Å². The minimum atomic E-state index is 0.293. The van der Waals surface area contributed by atoms with Crippen LogP contribution in [0.25, 0.3) is 0 Å². The van der Waals surface area contributed by atoms with Crippen molar-refractivity contribution in [2.45, 2.75) is 38.5 Å². The summed E-state index contributed by atoms with van der Waals surface area (Å²) in [6.45, 7) is 6.73. The van der Waals surface area contributed by atoms with Gasteiger partial charge in [-0.1, -0.05) is 32.0 Å². The smallest absolute Gasteiger partial charge is 0.122 e. The van der Waals surface area contributed by atoms with E-state index in [1.165, 1.54) is 24.8 Å². The number of rotatable bonds is 6. The molecule has 1 saturated carbocycles. The van der Waals surface area contributed by atoms with Crippen molar-refractivity contribution in [1.82, 2.24) is 5.32 Å². The fourth-order valence-corrected chi connectivity index (χ4v) is 3.32. The van der Waals surface area contributed by atoms with Crippen LogP contribution < -0.4 is 10.1 Å². The van der Waals surface area contributed by atoms with Gasteiger partial charge in [-0.3, -0.25) is 0 Å². The molecule has 0 radical (unpaired) electrons. The van der Waals surface area contributed by atoms with E-state index in [4.69, 9.17) is 4.74 Å². The maximum Gasteiger partial charge on any atom is 0.122 e. The molecule has 0 heterocycles. The van der Waals surface area contributed by atoms with Crippen LogP contribution in [0.3, 0.4) is 0 Å². The highest BCUT2D eigenvalue weighted by molar-refractivity contribution is 5.42. The Morgan fingerprint density at radius 2 is 2.06 bits per heavy atom. The summed E-state index contributed by atoms with van der Waals surface area (Å²) in [5.41, 5.74) is 1.68. The molecule has 1 aliphatic rings. The van der Waals surface area contributed by atoms with Gasteiger partial charge in [-0.05, 0) is 37.8 Å². The van der Waals surface area contributed by atoms with Crippen molar-refractivity contribution in [3.63, 3.8) is 0 Å². The van der Waals surface area contributed by atoms with E-state index < -0.39 is 0 Å². The van der Waals surface area contributed by atoms with E-state index in [0.717, 1.165) is 24.8 Å². The second-order valence-electron chi connectivity index (χ2n) is 5.67. The number of nitrogens with one attached hydrogen (secondary N) is 1. The SMILES string of the molecule is CCCNCC1(c2ccccc2OC)CC(C)C1. The minimum absolute atomic E-state index is 0.293. The van der Waals surface area contributed by atoms with Crippen LogP contribution in [0.5, 0.6) is 5.75 Å². The van der Waals surface area contributed by atoms with E-state index in [1.54, 1.807) is 7.11 Å². The first kappa shape index (κ1) is 13.4. The molecule has 1 fully saturated rings. The predicted molar refractivity (Wildman–Crippen MR) is 76.2 cm³/mol. The summed E-state index contributed by atoms with van der Waals surface area (Å²) in [6, 6.07) is 8.50. The summed E-state index contributed by atoms with van der Waals surface area (Å²) in [5.74, 6) is 1.88. The van der Waals surface area contributed by atoms with Gasteiger partial charge in [-0.2, -0.15) is 0 Å². The van der Waals surface area contributed by atoms with Gasteiger partial charge in [0.05, 0.1) is 7.11 Å². The number of hydrogen-bond donors (Lipinski definition) is 1. The fraction of sp³-hybridized carbons (Fsp3) is 0.625. The molecule has 0 spiro atoms. The van der Waals surface area contributed by atoms with Gasteiger partial charge in [0.15, 0.2) is 0 Å². The first-order valence-electron chi connectivity index (χ1n) is 7.06. The van der Waals surface area contributed by atoms with E-state index in [-0.39, 0.29) is 0 Å². The summed E-state index contributed by atoms with van der Waals surface area (Å²) < 4.78 is 5.54. The molecule has 18 heavy (non-hydrogen) atoms. The summed E-state index contributed by atoms with van der Waals surface area (Å²) in [5, 5.41) is 3.59. The van der Waals surface area contributed by atoms with E-state index >= 15 is 0 Å². The molecule has 0 aromatic heterocycles. The highest BCUT2D eigenvalue weighted by Gasteiger charge is 2.44. The topological polar surface area (TPSA) is 21.3 Å². The molecule has 2 heteroatoms. The van der Waals surface area contributed by atoms with E-state index in [2.05, 4.69) is 43.4 Å². The maximum atomic E-state index is 5.54. The Bertz CT molecular complexity index is 382. The Morgan fingerprint density at radius 1 is 1.33 bits per heavy atom. The average Bonchev–Trinajstić information content (AvgIpc) is 2.36. The molecule has 0 unspecified atom stereocenters. The van der Waals surface area contributed by atoms with Crippen molar-refractivity contribution < 1.29 is 4.74 Å². The molecule has 0 atom stereocenters. The van der Waals surface area contributed by atoms with E-state index in [1.807, 2.05) is 0 Å². The largest absolute Gasteiger partial charge is 0.496 e. The zero-order valence-electron chi connectivity index (χ0n) is 11.8. The lowest BCUT2D eigenvalue weighted by molar-refractivity contribution is 0.149. The van der Waals surface area contributed by atoms with Crippen LogP contribution in [0.1, 0.15) is 38.7 Å². The third-order valence-corrected chi connectivity index (χ3v) is 4.05. The van der Waals surface area contributed by atoms with E-state index in [0.29, 0.717) is 5.41 Å². The van der Waals surface area contributed by atoms with Crippen LogP contribution in [-0.2, 0) is 5.41 Å². The molecule has 2 nitrogen and oxygen atoms in total. The van der Waals surface area contributed by atoms with Crippen molar-refractivity contribution in [1.29, 1.82) is 0 Å². The van der Waals surface area contributed by atoms with Gasteiger partial charge >= 0.3 is 0 Å². The third kappa shape index (κ3) is 2.54. The van der Waals surface area contributed by atoms with Crippen molar-refractivity contribution in [2.75, 3.05) is 20.2 Å². The lowest BCUT2D eigenvalue weighted by Gasteiger charge is -2.47. The molecule has 1 N–H and O–H groups in total. The van der Waals surface area contributed by atoms with Gasteiger partial charge in [0.25, 0.3) is 0 Å². The van der Waals surface area contributed by atoms with Crippen LogP contribution in [0.2, 0.25) is 0 Å². The van der Waals surface area contributed by atoms with Crippen LogP contribution in [0, 0.1) is 5.92 Å². The molecule has 1 aliphatic carbocycles. The normalized spacial score (nSPS) is 26.7. The monoisotopic (exact) mass is 247 g/mol. The minimum Gasteiger partial charge on any atom is -0.496 e. The predicted octanol–water partition coefficient (Wildman–Crippen LogP) is 3.36. The second kappa shape index (κ2) is 5.75. The van der Waals surface area contributed by atoms with Crippen LogP contribution in [0.15, 0.2) is 24.3 Å². The van der Waals surface area contributed by atoms with Crippen molar-refractivity contribution >= 4 is 0 Å². The maximum absolute atomic E-state index is 5.54. The molecular formula is C16H25NO. The molecule has 1 aromatic rings. The summed E-state index contributed by atoms with van der Waals surface area (Å²) in [7, 11) is 1.77. The Balaban J connectivity index is 2.18. The molecule has 2 rings (SSSR count). The summed E-state index contributed by atoms with van der Waals surface area (Å²) in [4.78, 5) is 0. The first-order valence-corrected chi connectivity index (χ1v) is 7.06. The highest BCUT2D eigenvalue weighted by atomic mass is 16.5. The first-order chi connectivity index (χ1) is 8.72. The number of benzene rings is 1. The zero-order chi connectivity index (χ0) is 13.0. The zero-order valence-corrected chi connectivity index (χ0v) is 11.8. The number of ether oxygens (including phenoxy) is 1. The van der Waals surface area contributed by atoms with Gasteiger partial charge in [-0.15, -0.1) is 0 Å². The molecule has 0 bridgehead atoms. The molecular weight excluding hydrogens is 222 g/mol. The average molecular weight is 247 g/mol.